The molecule has 2 heterocycles. The van der Waals surface area contributed by atoms with E-state index in [0.29, 0.717) is 37.1 Å². The third kappa shape index (κ3) is 6.70. The van der Waals surface area contributed by atoms with Gasteiger partial charge in [-0.05, 0) is 48.9 Å². The molecular weight excluding hydrogens is 539 g/mol. The quantitative estimate of drug-likeness (QED) is 0.420. The second-order valence-corrected chi connectivity index (χ2v) is 12.0. The standard InChI is InChI=1S/C25H28F3N5O5S/c1-39(36,37)15-20(34)30-22-21-19(32-33(22)11-3-2-10-29)14-24(31-23(21)35)9-7-16-13-17(5-6-18(16)24)38-12-4-8-25(26,27)28/h5-6,13H,2-4,7-9,11-12,14-15H2,1H3,(H,30,34)(H,31,35)/t24-/m0/s1. The lowest BCUT2D eigenvalue weighted by Crippen LogP contribution is -2.49. The number of carbonyl (C=O) groups is 2. The van der Waals surface area contributed by atoms with Crippen LogP contribution in [-0.2, 0) is 39.6 Å². The number of halogens is 3. The van der Waals surface area contributed by atoms with Crippen molar-refractivity contribution in [3.05, 3.63) is 40.6 Å². The predicted octanol–water partition coefficient (Wildman–Crippen LogP) is 3.02. The van der Waals surface area contributed by atoms with Crippen molar-refractivity contribution in [2.75, 3.05) is 23.9 Å². The van der Waals surface area contributed by atoms with Crippen LogP contribution >= 0.6 is 0 Å². The van der Waals surface area contributed by atoms with Gasteiger partial charge in [0.1, 0.15) is 22.9 Å². The van der Waals surface area contributed by atoms with E-state index in [0.717, 1.165) is 17.4 Å². The van der Waals surface area contributed by atoms with Gasteiger partial charge in [-0.2, -0.15) is 23.5 Å². The number of fused-ring (bicyclic) bond motifs is 3. The van der Waals surface area contributed by atoms with Crippen LogP contribution in [0.5, 0.6) is 5.75 Å². The first-order chi connectivity index (χ1) is 18.3. The Labute approximate surface area is 223 Å². The van der Waals surface area contributed by atoms with Crippen LogP contribution in [0, 0.1) is 11.3 Å². The van der Waals surface area contributed by atoms with Gasteiger partial charge in [-0.25, -0.2) is 13.1 Å². The molecule has 1 atom stereocenters. The Kier molecular flexibility index (Phi) is 7.92. The highest BCUT2D eigenvalue weighted by Gasteiger charge is 2.46. The summed E-state index contributed by atoms with van der Waals surface area (Å²) in [5.41, 5.74) is 1.57. The molecule has 2 amide bonds. The van der Waals surface area contributed by atoms with Crippen molar-refractivity contribution in [3.8, 4) is 11.8 Å². The van der Waals surface area contributed by atoms with Gasteiger partial charge in [0.2, 0.25) is 5.91 Å². The highest BCUT2D eigenvalue weighted by Crippen LogP contribution is 2.44. The van der Waals surface area contributed by atoms with Crippen molar-refractivity contribution in [2.45, 2.75) is 63.2 Å². The maximum absolute atomic E-state index is 13.4. The van der Waals surface area contributed by atoms with Gasteiger partial charge < -0.3 is 15.4 Å². The number of hydrogen-bond donors (Lipinski definition) is 2. The molecule has 0 saturated carbocycles. The largest absolute Gasteiger partial charge is 0.494 e. The van der Waals surface area contributed by atoms with Gasteiger partial charge in [0.05, 0.1) is 23.9 Å². The third-order valence-corrected chi connectivity index (χ3v) is 7.46. The number of hydrogen-bond acceptors (Lipinski definition) is 7. The number of unbranched alkanes of at least 4 members (excludes halogenated alkanes) is 1. The number of rotatable bonds is 10. The second kappa shape index (κ2) is 10.9. The molecule has 1 spiro atoms. The molecule has 1 aromatic carbocycles. The van der Waals surface area contributed by atoms with Crippen LogP contribution in [0.15, 0.2) is 18.2 Å². The van der Waals surface area contributed by atoms with Crippen LogP contribution in [-0.4, -0.2) is 54.8 Å². The Balaban J connectivity index is 1.57. The molecule has 0 radical (unpaired) electrons. The fourth-order valence-electron chi connectivity index (χ4n) is 5.08. The highest BCUT2D eigenvalue weighted by atomic mass is 32.2. The van der Waals surface area contributed by atoms with E-state index in [4.69, 9.17) is 10.00 Å². The van der Waals surface area contributed by atoms with Crippen molar-refractivity contribution in [1.82, 2.24) is 15.1 Å². The van der Waals surface area contributed by atoms with Crippen LogP contribution in [0.2, 0.25) is 0 Å². The molecule has 10 nitrogen and oxygen atoms in total. The van der Waals surface area contributed by atoms with Crippen molar-refractivity contribution in [1.29, 1.82) is 5.26 Å². The summed E-state index contributed by atoms with van der Waals surface area (Å²) in [5.74, 6) is -1.50. The SMILES string of the molecule is CS(=O)(=O)CC(=O)Nc1c2c(nn1CCCC#N)C[C@]1(CCc3cc(OCCCC(F)(F)F)ccc31)NC2=O. The zero-order chi connectivity index (χ0) is 28.4. The van der Waals surface area contributed by atoms with Crippen molar-refractivity contribution >= 4 is 27.5 Å². The maximum Gasteiger partial charge on any atom is 0.389 e. The average molecular weight is 568 g/mol. The van der Waals surface area contributed by atoms with E-state index in [9.17, 15) is 31.2 Å². The molecule has 1 aromatic heterocycles. The molecule has 2 N–H and O–H groups in total. The first kappa shape index (κ1) is 28.4. The molecule has 210 valence electrons. The molecule has 39 heavy (non-hydrogen) atoms. The molecule has 0 unspecified atom stereocenters. The molecule has 2 aromatic rings. The summed E-state index contributed by atoms with van der Waals surface area (Å²) >= 11 is 0. The molecule has 1 aliphatic heterocycles. The lowest BCUT2D eigenvalue weighted by atomic mass is 9.82. The van der Waals surface area contributed by atoms with Gasteiger partial charge in [0.25, 0.3) is 5.91 Å². The van der Waals surface area contributed by atoms with E-state index in [-0.39, 0.29) is 37.4 Å². The van der Waals surface area contributed by atoms with Gasteiger partial charge in [-0.1, -0.05) is 6.07 Å². The Morgan fingerprint density at radius 2 is 2.10 bits per heavy atom. The summed E-state index contributed by atoms with van der Waals surface area (Å²) in [4.78, 5) is 25.8. The van der Waals surface area contributed by atoms with E-state index < -0.39 is 45.5 Å². The minimum absolute atomic E-state index is 0.0688. The summed E-state index contributed by atoms with van der Waals surface area (Å²) < 4.78 is 67.2. The monoisotopic (exact) mass is 567 g/mol. The third-order valence-electron chi connectivity index (χ3n) is 6.67. The zero-order valence-corrected chi connectivity index (χ0v) is 22.0. The Morgan fingerprint density at radius 1 is 1.33 bits per heavy atom. The minimum Gasteiger partial charge on any atom is -0.494 e. The maximum atomic E-state index is 13.4. The molecular formula is C25H28F3N5O5S. The van der Waals surface area contributed by atoms with Crippen LogP contribution in [0.1, 0.15) is 59.3 Å². The zero-order valence-electron chi connectivity index (χ0n) is 21.2. The molecule has 0 fully saturated rings. The number of carbonyl (C=O) groups excluding carboxylic acids is 2. The highest BCUT2D eigenvalue weighted by molar-refractivity contribution is 7.91. The average Bonchev–Trinajstić information content (AvgIpc) is 3.33. The fraction of sp³-hybridized carbons (Fsp3) is 0.520. The number of benzene rings is 1. The summed E-state index contributed by atoms with van der Waals surface area (Å²) in [7, 11) is -3.61. The summed E-state index contributed by atoms with van der Waals surface area (Å²) in [6, 6.07) is 7.27. The number of nitriles is 1. The van der Waals surface area contributed by atoms with Crippen LogP contribution in [0.3, 0.4) is 0 Å². The number of nitrogens with zero attached hydrogens (tertiary/aromatic N) is 3. The Morgan fingerprint density at radius 3 is 2.79 bits per heavy atom. The van der Waals surface area contributed by atoms with E-state index in [1.165, 1.54) is 4.68 Å². The Bertz CT molecular complexity index is 1430. The fourth-order valence-corrected chi connectivity index (χ4v) is 5.63. The van der Waals surface area contributed by atoms with Crippen LogP contribution < -0.4 is 15.4 Å². The van der Waals surface area contributed by atoms with Crippen molar-refractivity contribution in [3.63, 3.8) is 0 Å². The lowest BCUT2D eigenvalue weighted by Gasteiger charge is -2.35. The number of sulfone groups is 1. The van der Waals surface area contributed by atoms with Gasteiger partial charge in [-0.15, -0.1) is 0 Å². The number of anilines is 1. The topological polar surface area (TPSA) is 143 Å². The number of ether oxygens (including phenoxy) is 1. The number of alkyl halides is 3. The van der Waals surface area contributed by atoms with E-state index in [1.807, 2.05) is 6.07 Å². The summed E-state index contributed by atoms with van der Waals surface area (Å²) in [6.45, 7) is 0.168. The molecule has 0 bridgehead atoms. The number of nitrogens with one attached hydrogen (secondary N) is 2. The molecule has 2 aliphatic rings. The van der Waals surface area contributed by atoms with Crippen LogP contribution in [0.25, 0.3) is 0 Å². The van der Waals surface area contributed by atoms with Crippen LogP contribution in [0.4, 0.5) is 19.0 Å². The van der Waals surface area contributed by atoms with Gasteiger partial charge in [0.15, 0.2) is 9.84 Å². The molecule has 1 aliphatic carbocycles. The number of aromatic nitrogens is 2. The molecule has 4 rings (SSSR count). The van der Waals surface area contributed by atoms with Crippen molar-refractivity contribution in [2.24, 2.45) is 0 Å². The van der Waals surface area contributed by atoms with Gasteiger partial charge in [-0.3, -0.25) is 9.59 Å². The number of amides is 2. The first-order valence-electron chi connectivity index (χ1n) is 12.4. The normalized spacial score (nSPS) is 18.3. The van der Waals surface area contributed by atoms with Crippen molar-refractivity contribution < 1.29 is 35.9 Å². The van der Waals surface area contributed by atoms with Gasteiger partial charge >= 0.3 is 6.18 Å². The molecule has 0 saturated heterocycles. The number of aryl methyl sites for hydroxylation is 2. The second-order valence-electron chi connectivity index (χ2n) is 9.87. The lowest BCUT2D eigenvalue weighted by molar-refractivity contribution is -0.136. The van der Waals surface area contributed by atoms with E-state index >= 15 is 0 Å². The smallest absolute Gasteiger partial charge is 0.389 e. The van der Waals surface area contributed by atoms with Gasteiger partial charge in [0, 0.05) is 32.1 Å². The van der Waals surface area contributed by atoms with E-state index in [1.54, 1.807) is 18.2 Å². The summed E-state index contributed by atoms with van der Waals surface area (Å²) in [5, 5.41) is 19.0. The van der Waals surface area contributed by atoms with E-state index in [2.05, 4.69) is 15.7 Å². The Hall–Kier alpha value is -3.60. The predicted molar refractivity (Wildman–Crippen MR) is 134 cm³/mol. The summed E-state index contributed by atoms with van der Waals surface area (Å²) in [6.07, 6.45) is -2.26. The molecule has 14 heteroatoms. The first-order valence-corrected chi connectivity index (χ1v) is 14.5. The minimum atomic E-state index is -4.23.